The molecule has 0 radical (unpaired) electrons. The molecule has 20 heavy (non-hydrogen) atoms. The number of hydrogen-bond acceptors (Lipinski definition) is 3. The zero-order valence-corrected chi connectivity index (χ0v) is 15.4. The Hall–Kier alpha value is 0.0200. The van der Waals surface area contributed by atoms with Crippen molar-refractivity contribution in [3.05, 3.63) is 41.9 Å². The van der Waals surface area contributed by atoms with E-state index in [0.29, 0.717) is 16.3 Å². The van der Waals surface area contributed by atoms with E-state index in [2.05, 4.69) is 20.7 Å². The molecule has 1 aromatic heterocycles. The summed E-state index contributed by atoms with van der Waals surface area (Å²) in [5, 5.41) is 0.531. The second-order valence-electron chi connectivity index (χ2n) is 3.86. The molecule has 0 saturated carbocycles. The van der Waals surface area contributed by atoms with Crippen molar-refractivity contribution < 1.29 is 8.42 Å². The highest BCUT2D eigenvalue weighted by Crippen LogP contribution is 2.43. The lowest BCUT2D eigenvalue weighted by Gasteiger charge is -2.10. The molecule has 1 N–H and O–H groups in total. The lowest BCUT2D eigenvalue weighted by molar-refractivity contribution is 0.601. The summed E-state index contributed by atoms with van der Waals surface area (Å²) in [6.07, 6.45) is 0. The number of halogens is 4. The van der Waals surface area contributed by atoms with Gasteiger partial charge in [0.15, 0.2) is 0 Å². The minimum Gasteiger partial charge on any atom is -0.279 e. The molecule has 1 aromatic carbocycles. The zero-order valence-electron chi connectivity index (χ0n) is 9.88. The molecular weight excluding hydrogens is 429 g/mol. The Morgan fingerprint density at radius 3 is 2.35 bits per heavy atom. The normalized spacial score (nSPS) is 11.7. The number of aryl methyl sites for hydroxylation is 1. The van der Waals surface area contributed by atoms with Gasteiger partial charge in [-0.3, -0.25) is 4.72 Å². The van der Waals surface area contributed by atoms with Crippen molar-refractivity contribution in [3.8, 4) is 0 Å². The Balaban J connectivity index is 2.46. The molecule has 0 saturated heterocycles. The van der Waals surface area contributed by atoms with Crippen molar-refractivity contribution in [2.24, 2.45) is 0 Å². The second-order valence-corrected chi connectivity index (χ2v) is 8.93. The highest BCUT2D eigenvalue weighted by atomic mass is 79.9. The molecular formula is C11H7BrCl3NO2S2. The van der Waals surface area contributed by atoms with Crippen molar-refractivity contribution in [3.63, 3.8) is 0 Å². The fraction of sp³-hybridized carbons (Fsp3) is 0.0909. The minimum atomic E-state index is -3.84. The summed E-state index contributed by atoms with van der Waals surface area (Å²) in [4.78, 5) is -0.0662. The molecule has 0 amide bonds. The molecule has 108 valence electrons. The van der Waals surface area contributed by atoms with Gasteiger partial charge in [0.2, 0.25) is 0 Å². The first kappa shape index (κ1) is 16.4. The van der Waals surface area contributed by atoms with Gasteiger partial charge in [0.05, 0.1) is 10.2 Å². The number of benzene rings is 1. The predicted octanol–water partition coefficient (Wildman–Crippen LogP) is 5.58. The number of hydrogen-bond donors (Lipinski definition) is 1. The number of anilines is 1. The largest absolute Gasteiger partial charge is 0.279 e. The summed E-state index contributed by atoms with van der Waals surface area (Å²) in [6.45, 7) is 1.75. The van der Waals surface area contributed by atoms with Crippen LogP contribution in [0.3, 0.4) is 0 Å². The Bertz CT molecular complexity index is 774. The summed E-state index contributed by atoms with van der Waals surface area (Å²) in [5.41, 5.74) is 1.13. The first-order valence-corrected chi connectivity index (χ1v) is 9.37. The van der Waals surface area contributed by atoms with Crippen molar-refractivity contribution in [2.75, 3.05) is 4.72 Å². The monoisotopic (exact) mass is 433 g/mol. The van der Waals surface area contributed by atoms with Crippen LogP contribution in [0, 0.1) is 6.92 Å². The van der Waals surface area contributed by atoms with E-state index in [1.807, 2.05) is 0 Å². The molecule has 0 fully saturated rings. The third-order valence-corrected chi connectivity index (χ3v) is 7.50. The lowest BCUT2D eigenvalue weighted by atomic mass is 10.2. The van der Waals surface area contributed by atoms with E-state index < -0.39 is 10.0 Å². The van der Waals surface area contributed by atoms with E-state index in [1.54, 1.807) is 25.1 Å². The SMILES string of the molecule is Cc1cc(Cl)ccc1NS(=O)(=O)c1c(Cl)sc(Cl)c1Br. The van der Waals surface area contributed by atoms with Crippen LogP contribution in [0.1, 0.15) is 5.56 Å². The first-order chi connectivity index (χ1) is 9.22. The highest BCUT2D eigenvalue weighted by molar-refractivity contribution is 9.10. The number of thiophene rings is 1. The first-order valence-electron chi connectivity index (χ1n) is 5.14. The Morgan fingerprint density at radius 1 is 1.20 bits per heavy atom. The highest BCUT2D eigenvalue weighted by Gasteiger charge is 2.26. The van der Waals surface area contributed by atoms with Gasteiger partial charge in [0.1, 0.15) is 13.6 Å². The van der Waals surface area contributed by atoms with E-state index in [0.717, 1.165) is 11.3 Å². The fourth-order valence-corrected chi connectivity index (χ4v) is 6.42. The maximum atomic E-state index is 12.4. The average Bonchev–Trinajstić information content (AvgIpc) is 2.57. The van der Waals surface area contributed by atoms with Crippen LogP contribution in [-0.4, -0.2) is 8.42 Å². The molecule has 2 rings (SSSR count). The maximum Gasteiger partial charge on any atom is 0.265 e. The van der Waals surface area contributed by atoms with Gasteiger partial charge in [-0.25, -0.2) is 8.42 Å². The smallest absolute Gasteiger partial charge is 0.265 e. The van der Waals surface area contributed by atoms with Gasteiger partial charge in [-0.2, -0.15) is 0 Å². The number of sulfonamides is 1. The minimum absolute atomic E-state index is 0.0662. The molecule has 3 nitrogen and oxygen atoms in total. The van der Waals surface area contributed by atoms with Crippen molar-refractivity contribution in [1.82, 2.24) is 0 Å². The van der Waals surface area contributed by atoms with Crippen LogP contribution in [-0.2, 0) is 10.0 Å². The van der Waals surface area contributed by atoms with E-state index in [-0.39, 0.29) is 18.0 Å². The average molecular weight is 436 g/mol. The fourth-order valence-electron chi connectivity index (χ4n) is 1.51. The van der Waals surface area contributed by atoms with E-state index in [4.69, 9.17) is 34.8 Å². The summed E-state index contributed by atoms with van der Waals surface area (Å²) in [5.74, 6) is 0. The molecule has 0 aliphatic carbocycles. The standard InChI is InChI=1S/C11H7BrCl3NO2S2/c1-5-4-6(13)2-3-7(5)16-20(17,18)9-8(12)10(14)19-11(9)15/h2-4,16H,1H3. The van der Waals surface area contributed by atoms with Gasteiger partial charge in [-0.1, -0.05) is 34.8 Å². The molecule has 1 heterocycles. The number of rotatable bonds is 3. The molecule has 0 spiro atoms. The summed E-state index contributed by atoms with van der Waals surface area (Å²) in [6, 6.07) is 4.85. The van der Waals surface area contributed by atoms with Gasteiger partial charge in [0, 0.05) is 5.02 Å². The van der Waals surface area contributed by atoms with Crippen LogP contribution in [0.25, 0.3) is 0 Å². The molecule has 0 unspecified atom stereocenters. The van der Waals surface area contributed by atoms with E-state index in [1.165, 1.54) is 0 Å². The molecule has 9 heteroatoms. The van der Waals surface area contributed by atoms with E-state index >= 15 is 0 Å². The predicted molar refractivity (Wildman–Crippen MR) is 89.0 cm³/mol. The quantitative estimate of drug-likeness (QED) is 0.684. The van der Waals surface area contributed by atoms with Crippen LogP contribution in [0.4, 0.5) is 5.69 Å². The zero-order chi connectivity index (χ0) is 15.1. The molecule has 2 aromatic rings. The summed E-state index contributed by atoms with van der Waals surface area (Å²) in [7, 11) is -3.84. The van der Waals surface area contributed by atoms with Gasteiger partial charge in [0.25, 0.3) is 10.0 Å². The molecule has 0 aliphatic heterocycles. The molecule has 0 atom stereocenters. The van der Waals surface area contributed by atoms with E-state index in [9.17, 15) is 8.42 Å². The Labute approximate surface area is 144 Å². The van der Waals surface area contributed by atoms with Gasteiger partial charge in [-0.05, 0) is 46.6 Å². The van der Waals surface area contributed by atoms with Gasteiger partial charge < -0.3 is 0 Å². The third-order valence-electron chi connectivity index (χ3n) is 2.43. The lowest BCUT2D eigenvalue weighted by Crippen LogP contribution is -2.14. The van der Waals surface area contributed by atoms with Gasteiger partial charge in [-0.15, -0.1) is 11.3 Å². The molecule has 0 aliphatic rings. The van der Waals surface area contributed by atoms with Crippen LogP contribution < -0.4 is 4.72 Å². The van der Waals surface area contributed by atoms with Crippen LogP contribution >= 0.6 is 62.1 Å². The number of nitrogens with one attached hydrogen (secondary N) is 1. The second kappa shape index (κ2) is 6.02. The topological polar surface area (TPSA) is 46.2 Å². The van der Waals surface area contributed by atoms with Crippen molar-refractivity contribution in [1.29, 1.82) is 0 Å². The Morgan fingerprint density at radius 2 is 1.85 bits per heavy atom. The maximum absolute atomic E-state index is 12.4. The third kappa shape index (κ3) is 3.26. The van der Waals surface area contributed by atoms with Crippen LogP contribution in [0.5, 0.6) is 0 Å². The van der Waals surface area contributed by atoms with Gasteiger partial charge >= 0.3 is 0 Å². The summed E-state index contributed by atoms with van der Waals surface area (Å²) < 4.78 is 27.9. The van der Waals surface area contributed by atoms with Crippen molar-refractivity contribution >= 4 is 77.8 Å². The van der Waals surface area contributed by atoms with Crippen molar-refractivity contribution in [2.45, 2.75) is 11.8 Å². The van der Waals surface area contributed by atoms with Crippen LogP contribution in [0.2, 0.25) is 13.7 Å². The Kier molecular flexibility index (Phi) is 4.94. The molecule has 0 bridgehead atoms. The summed E-state index contributed by atoms with van der Waals surface area (Å²) >= 11 is 21.8. The van der Waals surface area contributed by atoms with Crippen LogP contribution in [0.15, 0.2) is 27.6 Å².